The Labute approximate surface area is 280 Å². The molecule has 0 radical (unpaired) electrons. The molecule has 0 aliphatic carbocycles. The molecule has 5 atom stereocenters. The van der Waals surface area contributed by atoms with Crippen molar-refractivity contribution in [3.8, 4) is 5.88 Å². The maximum absolute atomic E-state index is 14.3. The summed E-state index contributed by atoms with van der Waals surface area (Å²) in [6, 6.07) is 7.38. The number of hydrogen-bond acceptors (Lipinski definition) is 9. The molecule has 2 saturated heterocycles. The molecular weight excluding hydrogens is 623 g/mol. The molecule has 5 rings (SSSR count). The second kappa shape index (κ2) is 15.6. The van der Waals surface area contributed by atoms with Gasteiger partial charge in [0.1, 0.15) is 23.9 Å². The molecule has 0 bridgehead atoms. The summed E-state index contributed by atoms with van der Waals surface area (Å²) in [5.74, 6) is -0.283. The lowest BCUT2D eigenvalue weighted by Crippen LogP contribution is -2.65. The number of nitrogens with zero attached hydrogens (tertiary/aromatic N) is 5. The van der Waals surface area contributed by atoms with Gasteiger partial charge in [0.2, 0.25) is 17.7 Å². The highest BCUT2D eigenvalue weighted by Crippen LogP contribution is 2.37. The highest BCUT2D eigenvalue weighted by atomic mass is 19.1. The minimum absolute atomic E-state index is 0.0716. The monoisotopic (exact) mass is 670 g/mol. The fourth-order valence-corrected chi connectivity index (χ4v) is 6.78. The van der Waals surface area contributed by atoms with Crippen molar-refractivity contribution in [2.45, 2.75) is 70.7 Å². The number of rotatable bonds is 10. The number of amides is 3. The van der Waals surface area contributed by atoms with Gasteiger partial charge in [0, 0.05) is 62.9 Å². The Bertz CT molecular complexity index is 1450. The van der Waals surface area contributed by atoms with Gasteiger partial charge in [-0.2, -0.15) is 4.98 Å². The number of carbonyl (C=O) groups is 3. The van der Waals surface area contributed by atoms with Crippen molar-refractivity contribution in [1.29, 1.82) is 0 Å². The third-order valence-electron chi connectivity index (χ3n) is 9.39. The average molecular weight is 671 g/mol. The van der Waals surface area contributed by atoms with E-state index in [0.717, 1.165) is 5.56 Å². The molecule has 3 aliphatic heterocycles. The number of fused-ring (bicyclic) bond motifs is 1. The summed E-state index contributed by atoms with van der Waals surface area (Å²) in [6.07, 6.45) is -0.518. The number of carboxylic acid groups (broad SMARTS) is 1. The summed E-state index contributed by atoms with van der Waals surface area (Å²) in [4.78, 5) is 51.4. The first-order valence-electron chi connectivity index (χ1n) is 16.5. The molecule has 0 spiro atoms. The van der Waals surface area contributed by atoms with E-state index in [1.807, 2.05) is 19.9 Å². The maximum Gasteiger partial charge on any atom is 0.407 e. The molecule has 3 amide bonds. The van der Waals surface area contributed by atoms with Crippen LogP contribution in [0.25, 0.3) is 0 Å². The molecule has 13 nitrogen and oxygen atoms in total. The van der Waals surface area contributed by atoms with E-state index in [9.17, 15) is 23.9 Å². The zero-order valence-corrected chi connectivity index (χ0v) is 28.4. The topological polar surface area (TPSA) is 137 Å². The largest absolute Gasteiger partial charge is 0.474 e. The summed E-state index contributed by atoms with van der Waals surface area (Å²) in [5, 5.41) is 12.8. The molecule has 1 unspecified atom stereocenters. The van der Waals surface area contributed by atoms with Crippen molar-refractivity contribution in [2.75, 3.05) is 69.9 Å². The number of hydrogen-bond donors (Lipinski definition) is 2. The number of piperazine rings is 1. The van der Waals surface area contributed by atoms with Crippen LogP contribution in [-0.2, 0) is 25.5 Å². The number of anilines is 2. The zero-order chi connectivity index (χ0) is 34.5. The van der Waals surface area contributed by atoms with Crippen molar-refractivity contribution in [2.24, 2.45) is 0 Å². The predicted molar refractivity (Wildman–Crippen MR) is 177 cm³/mol. The van der Waals surface area contributed by atoms with Crippen LogP contribution in [0.15, 0.2) is 30.3 Å². The van der Waals surface area contributed by atoms with Crippen molar-refractivity contribution in [3.63, 3.8) is 0 Å². The van der Waals surface area contributed by atoms with Gasteiger partial charge in [-0.3, -0.25) is 19.4 Å². The first-order valence-corrected chi connectivity index (χ1v) is 16.5. The van der Waals surface area contributed by atoms with Gasteiger partial charge in [0.15, 0.2) is 0 Å². The fourth-order valence-electron chi connectivity index (χ4n) is 6.78. The molecule has 0 saturated carbocycles. The van der Waals surface area contributed by atoms with Gasteiger partial charge in [0.05, 0.1) is 38.8 Å². The summed E-state index contributed by atoms with van der Waals surface area (Å²) in [6.45, 7) is 11.0. The number of nitrogens with one attached hydrogen (secondary N) is 1. The quantitative estimate of drug-likeness (QED) is 0.388. The molecule has 3 aliphatic rings. The highest BCUT2D eigenvalue weighted by Gasteiger charge is 2.40. The Morgan fingerprint density at radius 2 is 1.73 bits per heavy atom. The van der Waals surface area contributed by atoms with E-state index in [4.69, 9.17) is 14.2 Å². The fraction of sp³-hybridized carbons (Fsp3) is 0.588. The van der Waals surface area contributed by atoms with Gasteiger partial charge in [0.25, 0.3) is 0 Å². The van der Waals surface area contributed by atoms with Crippen LogP contribution in [0, 0.1) is 5.82 Å². The summed E-state index contributed by atoms with van der Waals surface area (Å²) >= 11 is 0. The Morgan fingerprint density at radius 3 is 2.40 bits per heavy atom. The van der Waals surface area contributed by atoms with Gasteiger partial charge in [-0.15, -0.1) is 0 Å². The molecule has 2 N–H and O–H groups in total. The van der Waals surface area contributed by atoms with E-state index in [-0.39, 0.29) is 86.4 Å². The van der Waals surface area contributed by atoms with Gasteiger partial charge in [-0.1, -0.05) is 12.1 Å². The third-order valence-corrected chi connectivity index (χ3v) is 9.39. The number of benzene rings is 1. The van der Waals surface area contributed by atoms with Crippen LogP contribution >= 0.6 is 0 Å². The van der Waals surface area contributed by atoms with Gasteiger partial charge in [-0.25, -0.2) is 9.18 Å². The predicted octanol–water partition coefficient (Wildman–Crippen LogP) is 3.06. The molecule has 2 aromatic rings. The van der Waals surface area contributed by atoms with Crippen LogP contribution in [0.3, 0.4) is 0 Å². The normalized spacial score (nSPS) is 24.9. The summed E-state index contributed by atoms with van der Waals surface area (Å²) in [7, 11) is 1.52. The molecule has 1 aromatic carbocycles. The summed E-state index contributed by atoms with van der Waals surface area (Å²) in [5.41, 5.74) is 1.92. The zero-order valence-electron chi connectivity index (χ0n) is 28.4. The van der Waals surface area contributed by atoms with Crippen LogP contribution in [0.1, 0.15) is 45.2 Å². The number of methoxy groups -OCH3 is 1. The third kappa shape index (κ3) is 8.23. The van der Waals surface area contributed by atoms with Crippen molar-refractivity contribution >= 4 is 29.4 Å². The minimum atomic E-state index is -0.970. The Morgan fingerprint density at radius 1 is 1.02 bits per heavy atom. The lowest BCUT2D eigenvalue weighted by molar-refractivity contribution is -0.123. The number of carbonyl (C=O) groups excluding carboxylic acids is 2. The smallest absolute Gasteiger partial charge is 0.407 e. The van der Waals surface area contributed by atoms with Gasteiger partial charge in [-0.05, 0) is 51.5 Å². The van der Waals surface area contributed by atoms with Crippen molar-refractivity contribution in [1.82, 2.24) is 19.7 Å². The lowest BCUT2D eigenvalue weighted by Gasteiger charge is -2.48. The van der Waals surface area contributed by atoms with Crippen LogP contribution in [0.4, 0.5) is 20.7 Å². The van der Waals surface area contributed by atoms with Crippen molar-refractivity contribution in [3.05, 3.63) is 47.3 Å². The van der Waals surface area contributed by atoms with E-state index in [1.54, 1.807) is 17.0 Å². The van der Waals surface area contributed by atoms with Crippen LogP contribution in [0.5, 0.6) is 5.88 Å². The van der Waals surface area contributed by atoms with E-state index < -0.39 is 6.09 Å². The van der Waals surface area contributed by atoms with Crippen LogP contribution in [0.2, 0.25) is 0 Å². The molecule has 2 fully saturated rings. The van der Waals surface area contributed by atoms with E-state index >= 15 is 0 Å². The average Bonchev–Trinajstić information content (AvgIpc) is 3.04. The molecule has 48 heavy (non-hydrogen) atoms. The number of ether oxygens (including phenoxy) is 3. The standard InChI is InChI=1S/C34H47FN6O7/c1-21-14-38(28(16-40(21)34(44)45)15-39-22(2)18-47-19-23(39)3)17-31(43)41-24(4)20-48-33-29(41)13-26(12-25-6-8-27(35)9-7-25)32(37-33)36-30(42)10-11-46-5/h6-9,13,21-24,28H,10-12,14-20H2,1-5H3,(H,44,45)(H,36,37,42)/t21-,22-,23-,24?,28+/m1/s1. The first-order chi connectivity index (χ1) is 22.9. The maximum atomic E-state index is 14.3. The number of morpholine rings is 1. The molecule has 14 heteroatoms. The van der Waals surface area contributed by atoms with Gasteiger partial charge < -0.3 is 34.4 Å². The molecule has 1 aromatic heterocycles. The Hall–Kier alpha value is -3.85. The Balaban J connectivity index is 1.44. The highest BCUT2D eigenvalue weighted by molar-refractivity contribution is 5.98. The van der Waals surface area contributed by atoms with Gasteiger partial charge >= 0.3 is 6.09 Å². The Kier molecular flexibility index (Phi) is 11.5. The van der Waals surface area contributed by atoms with E-state index in [2.05, 4.69) is 33.9 Å². The minimum Gasteiger partial charge on any atom is -0.474 e. The molecule has 262 valence electrons. The summed E-state index contributed by atoms with van der Waals surface area (Å²) < 4.78 is 30.5. The van der Waals surface area contributed by atoms with E-state index in [0.29, 0.717) is 49.8 Å². The lowest BCUT2D eigenvalue weighted by atomic mass is 10.0. The van der Waals surface area contributed by atoms with Crippen LogP contribution in [-0.4, -0.2) is 133 Å². The van der Waals surface area contributed by atoms with Crippen molar-refractivity contribution < 1.29 is 38.1 Å². The first kappa shape index (κ1) is 35.5. The number of halogens is 1. The number of pyridine rings is 1. The second-order valence-electron chi connectivity index (χ2n) is 13.1. The second-order valence-corrected chi connectivity index (χ2v) is 13.1. The van der Waals surface area contributed by atoms with E-state index in [1.165, 1.54) is 24.1 Å². The van der Waals surface area contributed by atoms with Crippen LogP contribution < -0.4 is 15.0 Å². The molecule has 4 heterocycles. The number of aromatic nitrogens is 1. The molecular formula is C34H47FN6O7. The SMILES string of the molecule is COCCC(=O)Nc1nc2c(cc1Cc1ccc(F)cc1)N(C(=O)CN1C[C@@H](C)N(C(=O)O)C[C@@H]1CN1[C@H](C)COC[C@H]1C)C(C)CO2.